The van der Waals surface area contributed by atoms with Gasteiger partial charge in [-0.1, -0.05) is 30.3 Å². The van der Waals surface area contributed by atoms with Crippen molar-refractivity contribution >= 4 is 15.7 Å². The molecule has 166 valence electrons. The van der Waals surface area contributed by atoms with Crippen molar-refractivity contribution in [1.29, 1.82) is 0 Å². The van der Waals surface area contributed by atoms with Gasteiger partial charge in [0.05, 0.1) is 24.2 Å². The number of hydrogen-bond donors (Lipinski definition) is 0. The Hall–Kier alpha value is -1.44. The van der Waals surface area contributed by atoms with Crippen molar-refractivity contribution in [3.63, 3.8) is 0 Å². The van der Waals surface area contributed by atoms with Crippen molar-refractivity contribution in [3.8, 4) is 0 Å². The predicted molar refractivity (Wildman–Crippen MR) is 117 cm³/mol. The van der Waals surface area contributed by atoms with E-state index in [0.717, 1.165) is 51.8 Å². The maximum absolute atomic E-state index is 13.1. The van der Waals surface area contributed by atoms with Gasteiger partial charge in [0.2, 0.25) is 5.91 Å². The van der Waals surface area contributed by atoms with Gasteiger partial charge in [-0.25, -0.2) is 8.42 Å². The summed E-state index contributed by atoms with van der Waals surface area (Å²) in [5, 5.41) is 0. The molecule has 3 fully saturated rings. The number of rotatable bonds is 7. The monoisotopic (exact) mass is 434 g/mol. The molecule has 3 saturated heterocycles. The Balaban J connectivity index is 1.31. The smallest absolute Gasteiger partial charge is 0.236 e. The number of piperidine rings is 1. The number of likely N-dealkylation sites (tertiary alicyclic amines) is 1. The molecule has 3 heterocycles. The minimum Gasteiger partial charge on any atom is -0.377 e. The average molecular weight is 435 g/mol. The van der Waals surface area contributed by atoms with Gasteiger partial charge in [-0.15, -0.1) is 0 Å². The fourth-order valence-electron chi connectivity index (χ4n) is 5.06. The van der Waals surface area contributed by atoms with Crippen LogP contribution in [0.3, 0.4) is 0 Å². The zero-order valence-corrected chi connectivity index (χ0v) is 18.6. The standard InChI is InChI=1S/C23H34N2O4S/c26-23(24-11-8-20(9-12-24)15-19-5-2-1-3-6-19)17-25(16-22-7-4-13-29-22)21-10-14-30(27,28)18-21/h1-3,5-6,20-22H,4,7-18H2. The first-order chi connectivity index (χ1) is 14.5. The van der Waals surface area contributed by atoms with E-state index in [4.69, 9.17) is 4.74 Å². The largest absolute Gasteiger partial charge is 0.377 e. The molecule has 2 unspecified atom stereocenters. The van der Waals surface area contributed by atoms with Gasteiger partial charge in [0, 0.05) is 32.3 Å². The first-order valence-corrected chi connectivity index (χ1v) is 13.2. The lowest BCUT2D eigenvalue weighted by Gasteiger charge is -2.35. The predicted octanol–water partition coefficient (Wildman–Crippen LogP) is 2.14. The fourth-order valence-corrected chi connectivity index (χ4v) is 6.83. The van der Waals surface area contributed by atoms with E-state index in [-0.39, 0.29) is 29.6 Å². The lowest BCUT2D eigenvalue weighted by molar-refractivity contribution is -0.134. The van der Waals surface area contributed by atoms with E-state index < -0.39 is 9.84 Å². The Morgan fingerprint density at radius 3 is 2.50 bits per heavy atom. The zero-order chi connectivity index (χ0) is 21.0. The molecule has 2 atom stereocenters. The number of carbonyl (C=O) groups is 1. The van der Waals surface area contributed by atoms with Crippen LogP contribution in [0.2, 0.25) is 0 Å². The molecule has 0 aromatic heterocycles. The third-order valence-corrected chi connectivity index (χ3v) is 8.61. The molecule has 1 aromatic carbocycles. The molecule has 1 aromatic rings. The maximum Gasteiger partial charge on any atom is 0.236 e. The van der Waals surface area contributed by atoms with Crippen molar-refractivity contribution in [1.82, 2.24) is 9.80 Å². The van der Waals surface area contributed by atoms with Gasteiger partial charge in [0.25, 0.3) is 0 Å². The molecule has 4 rings (SSSR count). The second-order valence-corrected chi connectivity index (χ2v) is 11.4. The Morgan fingerprint density at radius 2 is 1.87 bits per heavy atom. The summed E-state index contributed by atoms with van der Waals surface area (Å²) >= 11 is 0. The van der Waals surface area contributed by atoms with Crippen molar-refractivity contribution in [3.05, 3.63) is 35.9 Å². The van der Waals surface area contributed by atoms with Crippen LogP contribution in [0, 0.1) is 5.92 Å². The molecule has 1 amide bonds. The van der Waals surface area contributed by atoms with Crippen molar-refractivity contribution < 1.29 is 17.9 Å². The van der Waals surface area contributed by atoms with E-state index in [1.54, 1.807) is 0 Å². The van der Waals surface area contributed by atoms with Crippen LogP contribution in [0.25, 0.3) is 0 Å². The highest BCUT2D eigenvalue weighted by atomic mass is 32.2. The minimum atomic E-state index is -2.98. The van der Waals surface area contributed by atoms with Crippen LogP contribution in [-0.2, 0) is 25.8 Å². The topological polar surface area (TPSA) is 66.9 Å². The molecule has 0 bridgehead atoms. The maximum atomic E-state index is 13.1. The van der Waals surface area contributed by atoms with Crippen molar-refractivity contribution in [2.45, 2.75) is 50.7 Å². The van der Waals surface area contributed by atoms with E-state index in [1.165, 1.54) is 5.56 Å². The third kappa shape index (κ3) is 5.83. The third-order valence-electron chi connectivity index (χ3n) is 6.86. The molecule has 0 spiro atoms. The number of carbonyl (C=O) groups excluding carboxylic acids is 1. The van der Waals surface area contributed by atoms with Crippen LogP contribution in [0.15, 0.2) is 30.3 Å². The summed E-state index contributed by atoms with van der Waals surface area (Å²) in [6.07, 6.45) is 5.93. The molecule has 3 aliphatic heterocycles. The van der Waals surface area contributed by atoms with Gasteiger partial charge in [-0.2, -0.15) is 0 Å². The molecule has 0 N–H and O–H groups in total. The highest BCUT2D eigenvalue weighted by molar-refractivity contribution is 7.91. The number of hydrogen-bond acceptors (Lipinski definition) is 5. The first-order valence-electron chi connectivity index (χ1n) is 11.4. The van der Waals surface area contributed by atoms with Crippen LogP contribution < -0.4 is 0 Å². The number of nitrogens with zero attached hydrogens (tertiary/aromatic N) is 2. The normalized spacial score (nSPS) is 27.0. The van der Waals surface area contributed by atoms with Gasteiger partial charge < -0.3 is 9.64 Å². The summed E-state index contributed by atoms with van der Waals surface area (Å²) in [5.41, 5.74) is 1.37. The summed E-state index contributed by atoms with van der Waals surface area (Å²) in [6, 6.07) is 10.5. The van der Waals surface area contributed by atoms with Crippen molar-refractivity contribution in [2.75, 3.05) is 44.3 Å². The van der Waals surface area contributed by atoms with Gasteiger partial charge in [-0.05, 0) is 50.0 Å². The second kappa shape index (κ2) is 9.79. The first kappa shape index (κ1) is 21.8. The van der Waals surface area contributed by atoms with Gasteiger partial charge in [0.15, 0.2) is 9.84 Å². The zero-order valence-electron chi connectivity index (χ0n) is 17.7. The Kier molecular flexibility index (Phi) is 7.11. The number of ether oxygens (including phenoxy) is 1. The van der Waals surface area contributed by atoms with E-state index in [1.807, 2.05) is 11.0 Å². The van der Waals surface area contributed by atoms with Crippen LogP contribution in [-0.4, -0.2) is 80.6 Å². The van der Waals surface area contributed by atoms with Gasteiger partial charge >= 0.3 is 0 Å². The minimum absolute atomic E-state index is 0.0567. The summed E-state index contributed by atoms with van der Waals surface area (Å²) in [7, 11) is -2.98. The molecular weight excluding hydrogens is 400 g/mol. The molecule has 7 heteroatoms. The van der Waals surface area contributed by atoms with Crippen LogP contribution in [0.5, 0.6) is 0 Å². The van der Waals surface area contributed by atoms with Gasteiger partial charge in [0.1, 0.15) is 0 Å². The number of amides is 1. The summed E-state index contributed by atoms with van der Waals surface area (Å²) in [6.45, 7) is 3.34. The van der Waals surface area contributed by atoms with E-state index in [2.05, 4.69) is 29.2 Å². The molecule has 30 heavy (non-hydrogen) atoms. The van der Waals surface area contributed by atoms with E-state index in [0.29, 0.717) is 25.4 Å². The molecule has 6 nitrogen and oxygen atoms in total. The molecule has 0 radical (unpaired) electrons. The summed E-state index contributed by atoms with van der Waals surface area (Å²) in [5.74, 6) is 1.17. The molecular formula is C23H34N2O4S. The molecule has 0 aliphatic carbocycles. The van der Waals surface area contributed by atoms with Gasteiger partial charge in [-0.3, -0.25) is 9.69 Å². The Bertz CT molecular complexity index is 800. The highest BCUT2D eigenvalue weighted by Crippen LogP contribution is 2.24. The lowest BCUT2D eigenvalue weighted by Crippen LogP contribution is -2.49. The highest BCUT2D eigenvalue weighted by Gasteiger charge is 2.35. The average Bonchev–Trinajstić information content (AvgIpc) is 3.38. The number of sulfone groups is 1. The Morgan fingerprint density at radius 1 is 1.10 bits per heavy atom. The molecule has 3 aliphatic rings. The number of benzene rings is 1. The van der Waals surface area contributed by atoms with Crippen molar-refractivity contribution in [2.24, 2.45) is 5.92 Å². The van der Waals surface area contributed by atoms with E-state index >= 15 is 0 Å². The van der Waals surface area contributed by atoms with Crippen LogP contribution in [0.4, 0.5) is 0 Å². The lowest BCUT2D eigenvalue weighted by atomic mass is 9.90. The SMILES string of the molecule is O=C(CN(CC1CCCO1)C1CCS(=O)(=O)C1)N1CCC(Cc2ccccc2)CC1. The van der Waals surface area contributed by atoms with Crippen LogP contribution in [0.1, 0.15) is 37.7 Å². The summed E-state index contributed by atoms with van der Waals surface area (Å²) in [4.78, 5) is 17.1. The second-order valence-electron chi connectivity index (χ2n) is 9.14. The van der Waals surface area contributed by atoms with Crippen LogP contribution >= 0.6 is 0 Å². The quantitative estimate of drug-likeness (QED) is 0.658. The Labute approximate surface area is 180 Å². The molecule has 0 saturated carbocycles. The summed E-state index contributed by atoms with van der Waals surface area (Å²) < 4.78 is 29.8. The fraction of sp³-hybridized carbons (Fsp3) is 0.696. The van der Waals surface area contributed by atoms with E-state index in [9.17, 15) is 13.2 Å².